The van der Waals surface area contributed by atoms with Crippen LogP contribution in [0.3, 0.4) is 0 Å². The number of aliphatic imine (C=N–C) groups is 1. The number of hydrogen-bond donors (Lipinski definition) is 2. The van der Waals surface area contributed by atoms with Crippen LogP contribution in [0.15, 0.2) is 45.9 Å². The van der Waals surface area contributed by atoms with Gasteiger partial charge in [-0.3, -0.25) is 9.69 Å². The number of carbonyl (C=O) groups is 1. The van der Waals surface area contributed by atoms with Gasteiger partial charge in [0.2, 0.25) is 5.91 Å². The van der Waals surface area contributed by atoms with E-state index in [9.17, 15) is 4.79 Å². The molecule has 9 heteroatoms. The van der Waals surface area contributed by atoms with Crippen LogP contribution in [0.5, 0.6) is 0 Å². The van der Waals surface area contributed by atoms with E-state index in [2.05, 4.69) is 69.9 Å². The highest BCUT2D eigenvalue weighted by Gasteiger charge is 2.20. The van der Waals surface area contributed by atoms with Gasteiger partial charge in [0.05, 0.1) is 12.2 Å². The summed E-state index contributed by atoms with van der Waals surface area (Å²) in [5, 5.41) is 10.9. The third-order valence-corrected chi connectivity index (χ3v) is 5.65. The minimum Gasteiger partial charge on any atom is -0.359 e. The molecule has 0 unspecified atom stereocenters. The van der Waals surface area contributed by atoms with Crippen molar-refractivity contribution < 1.29 is 9.32 Å². The van der Waals surface area contributed by atoms with Crippen LogP contribution >= 0.6 is 24.0 Å². The molecule has 0 atom stereocenters. The van der Waals surface area contributed by atoms with Crippen molar-refractivity contribution in [2.45, 2.75) is 51.7 Å². The molecule has 1 aliphatic heterocycles. The summed E-state index contributed by atoms with van der Waals surface area (Å²) in [7, 11) is 3.48. The van der Waals surface area contributed by atoms with Gasteiger partial charge in [-0.25, -0.2) is 4.99 Å². The van der Waals surface area contributed by atoms with E-state index < -0.39 is 0 Å². The van der Waals surface area contributed by atoms with Crippen molar-refractivity contribution in [2.75, 3.05) is 33.7 Å². The first-order valence-electron chi connectivity index (χ1n) is 11.4. The second-order valence-corrected chi connectivity index (χ2v) is 8.86. The number of rotatable bonds is 8. The Bertz CT molecular complexity index is 876. The standard InChI is InChI=1S/C24H36N6O2.HI/c1-18(2)22-14-21(32-28-22)15-25-24(26-16-23(31)29(3)4)27-20-10-12-30(13-11-20)17-19-8-6-5-7-9-19;/h5-9,14,18,20H,10-13,15-17H2,1-4H3,(H2,25,26,27);1H. The SMILES string of the molecule is CC(C)c1cc(CNC(=NCC(=O)N(C)C)NC2CCN(Cc3ccccc3)CC2)on1.I. The van der Waals surface area contributed by atoms with Crippen molar-refractivity contribution in [3.05, 3.63) is 53.4 Å². The van der Waals surface area contributed by atoms with Gasteiger partial charge in [0.1, 0.15) is 6.54 Å². The van der Waals surface area contributed by atoms with Crippen molar-refractivity contribution >= 4 is 35.8 Å². The Hall–Kier alpha value is -2.14. The minimum absolute atomic E-state index is 0. The van der Waals surface area contributed by atoms with Gasteiger partial charge in [-0.05, 0) is 24.3 Å². The smallest absolute Gasteiger partial charge is 0.243 e. The molecule has 1 aromatic carbocycles. The van der Waals surface area contributed by atoms with Crippen molar-refractivity contribution in [3.8, 4) is 0 Å². The maximum absolute atomic E-state index is 12.0. The van der Waals surface area contributed by atoms with Crippen molar-refractivity contribution in [1.29, 1.82) is 0 Å². The lowest BCUT2D eigenvalue weighted by Crippen LogP contribution is -2.48. The van der Waals surface area contributed by atoms with Crippen molar-refractivity contribution in [2.24, 2.45) is 4.99 Å². The summed E-state index contributed by atoms with van der Waals surface area (Å²) in [6.07, 6.45) is 2.05. The topological polar surface area (TPSA) is 86.0 Å². The maximum Gasteiger partial charge on any atom is 0.243 e. The van der Waals surface area contributed by atoms with Crippen LogP contribution in [0.1, 0.15) is 49.6 Å². The Morgan fingerprint density at radius 3 is 2.55 bits per heavy atom. The average Bonchev–Trinajstić information content (AvgIpc) is 3.27. The van der Waals surface area contributed by atoms with Gasteiger partial charge < -0.3 is 20.1 Å². The number of guanidine groups is 1. The van der Waals surface area contributed by atoms with Crippen LogP contribution in [0, 0.1) is 0 Å². The molecule has 2 heterocycles. The van der Waals surface area contributed by atoms with Gasteiger partial charge >= 0.3 is 0 Å². The molecule has 1 fully saturated rings. The summed E-state index contributed by atoms with van der Waals surface area (Å²) in [6.45, 7) is 7.76. The molecule has 0 bridgehead atoms. The zero-order valence-corrected chi connectivity index (χ0v) is 22.4. The fourth-order valence-electron chi connectivity index (χ4n) is 3.57. The highest BCUT2D eigenvalue weighted by Crippen LogP contribution is 2.15. The molecule has 1 saturated heterocycles. The first-order valence-corrected chi connectivity index (χ1v) is 11.4. The Morgan fingerprint density at radius 2 is 1.94 bits per heavy atom. The number of nitrogens with one attached hydrogen (secondary N) is 2. The van der Waals surface area contributed by atoms with Crippen LogP contribution in [-0.2, 0) is 17.9 Å². The molecule has 1 aliphatic rings. The van der Waals surface area contributed by atoms with Crippen LogP contribution in [-0.4, -0.2) is 66.6 Å². The number of aromatic nitrogens is 1. The molecule has 0 spiro atoms. The summed E-state index contributed by atoms with van der Waals surface area (Å²) >= 11 is 0. The van der Waals surface area contributed by atoms with E-state index in [-0.39, 0.29) is 36.4 Å². The van der Waals surface area contributed by atoms with Crippen LogP contribution in [0.25, 0.3) is 0 Å². The van der Waals surface area contributed by atoms with Gasteiger partial charge in [-0.2, -0.15) is 0 Å². The van der Waals surface area contributed by atoms with Crippen LogP contribution in [0.4, 0.5) is 0 Å². The molecule has 0 radical (unpaired) electrons. The van der Waals surface area contributed by atoms with Gasteiger partial charge in [0.15, 0.2) is 11.7 Å². The normalized spacial score (nSPS) is 15.2. The van der Waals surface area contributed by atoms with E-state index in [0.717, 1.165) is 43.9 Å². The summed E-state index contributed by atoms with van der Waals surface area (Å²) in [6, 6.07) is 12.9. The molecular weight excluding hydrogens is 531 g/mol. The fraction of sp³-hybridized carbons (Fsp3) is 0.542. The number of nitrogens with zero attached hydrogens (tertiary/aromatic N) is 4. The fourth-order valence-corrected chi connectivity index (χ4v) is 3.57. The molecule has 182 valence electrons. The third-order valence-electron chi connectivity index (χ3n) is 5.65. The van der Waals surface area contributed by atoms with Crippen molar-refractivity contribution in [1.82, 2.24) is 25.6 Å². The lowest BCUT2D eigenvalue weighted by atomic mass is 10.0. The number of carbonyl (C=O) groups excluding carboxylic acids is 1. The predicted molar refractivity (Wildman–Crippen MR) is 142 cm³/mol. The largest absolute Gasteiger partial charge is 0.359 e. The lowest BCUT2D eigenvalue weighted by molar-refractivity contribution is -0.127. The number of likely N-dealkylation sites (N-methyl/N-ethyl adjacent to an activating group) is 1. The van der Waals surface area contributed by atoms with E-state index in [0.29, 0.717) is 24.5 Å². The number of piperidine rings is 1. The Balaban J connectivity index is 0.00000385. The van der Waals surface area contributed by atoms with Crippen molar-refractivity contribution in [3.63, 3.8) is 0 Å². The van der Waals surface area contributed by atoms with E-state index in [1.54, 1.807) is 19.0 Å². The van der Waals surface area contributed by atoms with Gasteiger partial charge in [-0.15, -0.1) is 24.0 Å². The molecule has 1 amide bonds. The molecule has 8 nitrogen and oxygen atoms in total. The number of amides is 1. The highest BCUT2D eigenvalue weighted by atomic mass is 127. The van der Waals surface area contributed by atoms with Gasteiger partial charge in [-0.1, -0.05) is 49.3 Å². The molecule has 1 aromatic heterocycles. The summed E-state index contributed by atoms with van der Waals surface area (Å²) in [5.74, 6) is 1.66. The van der Waals surface area contributed by atoms with Crippen LogP contribution < -0.4 is 10.6 Å². The second kappa shape index (κ2) is 13.5. The third kappa shape index (κ3) is 8.96. The van der Waals surface area contributed by atoms with Gasteiger partial charge in [0.25, 0.3) is 0 Å². The number of halogens is 1. The maximum atomic E-state index is 12.0. The molecule has 0 aliphatic carbocycles. The number of benzene rings is 1. The average molecular weight is 569 g/mol. The Kier molecular flexibility index (Phi) is 11.1. The van der Waals surface area contributed by atoms with E-state index in [4.69, 9.17) is 4.52 Å². The lowest BCUT2D eigenvalue weighted by Gasteiger charge is -2.33. The first kappa shape index (κ1) is 27.1. The van der Waals surface area contributed by atoms with Gasteiger partial charge in [0, 0.05) is 45.8 Å². The molecule has 2 aromatic rings. The van der Waals surface area contributed by atoms with Crippen LogP contribution in [0.2, 0.25) is 0 Å². The van der Waals surface area contributed by atoms with E-state index >= 15 is 0 Å². The second-order valence-electron chi connectivity index (χ2n) is 8.86. The summed E-state index contributed by atoms with van der Waals surface area (Å²) in [4.78, 5) is 20.6. The zero-order chi connectivity index (χ0) is 22.9. The first-order chi connectivity index (χ1) is 15.4. The Morgan fingerprint density at radius 1 is 1.24 bits per heavy atom. The monoisotopic (exact) mass is 568 g/mol. The number of hydrogen-bond acceptors (Lipinski definition) is 5. The molecule has 0 saturated carbocycles. The minimum atomic E-state index is -0.0365. The number of likely N-dealkylation sites (tertiary alicyclic amines) is 1. The molecule has 2 N–H and O–H groups in total. The molecular formula is C24H37IN6O2. The highest BCUT2D eigenvalue weighted by molar-refractivity contribution is 14.0. The van der Waals surface area contributed by atoms with E-state index in [1.165, 1.54) is 5.56 Å². The zero-order valence-electron chi connectivity index (χ0n) is 20.1. The Labute approximate surface area is 214 Å². The molecule has 33 heavy (non-hydrogen) atoms. The summed E-state index contributed by atoms with van der Waals surface area (Å²) in [5.41, 5.74) is 2.28. The summed E-state index contributed by atoms with van der Waals surface area (Å²) < 4.78 is 5.42. The predicted octanol–water partition coefficient (Wildman–Crippen LogP) is 3.20. The van der Waals surface area contributed by atoms with E-state index in [1.807, 2.05) is 6.07 Å². The quantitative estimate of drug-likeness (QED) is 0.289. The molecule has 3 rings (SSSR count).